The molecule has 2 saturated carbocycles. The van der Waals surface area contributed by atoms with Crippen LogP contribution in [0.2, 0.25) is 0 Å². The lowest BCUT2D eigenvalue weighted by atomic mass is 9.98. The van der Waals surface area contributed by atoms with Gasteiger partial charge in [0.2, 0.25) is 5.89 Å². The third-order valence-corrected chi connectivity index (χ3v) is 4.34. The van der Waals surface area contributed by atoms with E-state index in [1.54, 1.807) is 0 Å². The first-order valence-electron chi connectivity index (χ1n) is 6.68. The maximum Gasteiger partial charge on any atom is 0.229 e. The molecular formula is C13H20N2O2. The number of hydrogen-bond donors (Lipinski definition) is 1. The summed E-state index contributed by atoms with van der Waals surface area (Å²) in [6.07, 6.45) is 7.28. The van der Waals surface area contributed by atoms with Gasteiger partial charge in [0.15, 0.2) is 5.82 Å². The summed E-state index contributed by atoms with van der Waals surface area (Å²) in [4.78, 5) is 4.42. The second kappa shape index (κ2) is 4.09. The Morgan fingerprint density at radius 2 is 2.12 bits per heavy atom. The molecule has 1 aromatic rings. The Morgan fingerprint density at radius 1 is 1.41 bits per heavy atom. The van der Waals surface area contributed by atoms with Crippen LogP contribution in [0.15, 0.2) is 4.52 Å². The van der Waals surface area contributed by atoms with Gasteiger partial charge in [-0.2, -0.15) is 4.98 Å². The predicted octanol–water partition coefficient (Wildman–Crippen LogP) is 2.21. The van der Waals surface area contributed by atoms with E-state index < -0.39 is 0 Å². The Bertz CT molecular complexity index is 392. The Hall–Kier alpha value is -0.900. The molecule has 0 spiro atoms. The van der Waals surface area contributed by atoms with E-state index in [1.165, 1.54) is 12.8 Å². The van der Waals surface area contributed by atoms with E-state index in [2.05, 4.69) is 17.1 Å². The van der Waals surface area contributed by atoms with Gasteiger partial charge in [-0.05, 0) is 31.6 Å². The normalized spacial score (nSPS) is 25.1. The van der Waals surface area contributed by atoms with E-state index in [1.807, 2.05) is 0 Å². The average molecular weight is 236 g/mol. The minimum absolute atomic E-state index is 0.153. The van der Waals surface area contributed by atoms with Gasteiger partial charge in [0.1, 0.15) is 0 Å². The zero-order valence-corrected chi connectivity index (χ0v) is 10.4. The Labute approximate surface area is 101 Å². The molecule has 0 radical (unpaired) electrons. The molecule has 1 atom stereocenters. The summed E-state index contributed by atoms with van der Waals surface area (Å²) in [6, 6.07) is 0. The topological polar surface area (TPSA) is 59.2 Å². The standard InChI is InChI=1S/C13H20N2O2/c1-13(6-7-13)12-14-11(17-15-12)8-10(16)9-4-2-3-5-9/h9-10,16H,2-8H2,1H3. The van der Waals surface area contributed by atoms with Crippen molar-refractivity contribution >= 4 is 0 Å². The zero-order valence-electron chi connectivity index (χ0n) is 10.4. The van der Waals surface area contributed by atoms with Gasteiger partial charge in [0.25, 0.3) is 0 Å². The van der Waals surface area contributed by atoms with Gasteiger partial charge in [-0.1, -0.05) is 24.9 Å². The van der Waals surface area contributed by atoms with Crippen LogP contribution in [0, 0.1) is 5.92 Å². The summed E-state index contributed by atoms with van der Waals surface area (Å²) < 4.78 is 5.24. The first-order valence-corrected chi connectivity index (χ1v) is 6.68. The third kappa shape index (κ3) is 2.23. The molecule has 2 aliphatic rings. The lowest BCUT2D eigenvalue weighted by molar-refractivity contribution is 0.102. The van der Waals surface area contributed by atoms with Gasteiger partial charge in [0.05, 0.1) is 12.5 Å². The second-order valence-electron chi connectivity index (χ2n) is 5.89. The monoisotopic (exact) mass is 236 g/mol. The number of aromatic nitrogens is 2. The average Bonchev–Trinajstić information content (AvgIpc) is 2.79. The summed E-state index contributed by atoms with van der Waals surface area (Å²) >= 11 is 0. The van der Waals surface area contributed by atoms with Gasteiger partial charge in [0, 0.05) is 5.41 Å². The van der Waals surface area contributed by atoms with Crippen LogP contribution in [-0.4, -0.2) is 21.4 Å². The molecule has 2 aliphatic carbocycles. The first-order chi connectivity index (χ1) is 8.17. The minimum atomic E-state index is -0.308. The number of aliphatic hydroxyl groups is 1. The number of rotatable bonds is 4. The van der Waals surface area contributed by atoms with Gasteiger partial charge >= 0.3 is 0 Å². The van der Waals surface area contributed by atoms with Gasteiger partial charge in [-0.15, -0.1) is 0 Å². The van der Waals surface area contributed by atoms with Crippen molar-refractivity contribution in [1.29, 1.82) is 0 Å². The van der Waals surface area contributed by atoms with E-state index in [0.717, 1.165) is 31.5 Å². The molecular weight excluding hydrogens is 216 g/mol. The molecule has 0 saturated heterocycles. The van der Waals surface area contributed by atoms with E-state index in [0.29, 0.717) is 18.2 Å². The van der Waals surface area contributed by atoms with Crippen molar-refractivity contribution < 1.29 is 9.63 Å². The van der Waals surface area contributed by atoms with Crippen LogP contribution in [0.1, 0.15) is 57.2 Å². The molecule has 1 aromatic heterocycles. The van der Waals surface area contributed by atoms with Crippen molar-refractivity contribution in [3.8, 4) is 0 Å². The molecule has 4 nitrogen and oxygen atoms in total. The summed E-state index contributed by atoms with van der Waals surface area (Å²) in [5.74, 6) is 1.86. The van der Waals surface area contributed by atoms with Crippen molar-refractivity contribution in [2.45, 2.75) is 63.4 Å². The minimum Gasteiger partial charge on any atom is -0.392 e. The molecule has 1 heterocycles. The van der Waals surface area contributed by atoms with Gasteiger partial charge in [-0.25, -0.2) is 0 Å². The summed E-state index contributed by atoms with van der Waals surface area (Å²) in [6.45, 7) is 2.16. The van der Waals surface area contributed by atoms with E-state index in [-0.39, 0.29) is 11.5 Å². The number of hydrogen-bond acceptors (Lipinski definition) is 4. The van der Waals surface area contributed by atoms with Crippen molar-refractivity contribution in [1.82, 2.24) is 10.1 Å². The fourth-order valence-electron chi connectivity index (χ4n) is 2.68. The molecule has 1 N–H and O–H groups in total. The summed E-state index contributed by atoms with van der Waals surface area (Å²) in [5.41, 5.74) is 0.153. The molecule has 94 valence electrons. The highest BCUT2D eigenvalue weighted by molar-refractivity contribution is 5.14. The quantitative estimate of drug-likeness (QED) is 0.870. The second-order valence-corrected chi connectivity index (χ2v) is 5.89. The smallest absolute Gasteiger partial charge is 0.229 e. The lowest BCUT2D eigenvalue weighted by Gasteiger charge is -2.14. The Morgan fingerprint density at radius 3 is 2.76 bits per heavy atom. The van der Waals surface area contributed by atoms with Crippen LogP contribution in [0.25, 0.3) is 0 Å². The molecule has 0 bridgehead atoms. The van der Waals surface area contributed by atoms with E-state index in [9.17, 15) is 5.11 Å². The SMILES string of the molecule is CC1(c2noc(CC(O)C3CCCC3)n2)CC1. The fraction of sp³-hybridized carbons (Fsp3) is 0.846. The Kier molecular flexibility index (Phi) is 2.69. The summed E-state index contributed by atoms with van der Waals surface area (Å²) in [7, 11) is 0. The molecule has 0 amide bonds. The van der Waals surface area contributed by atoms with Crippen LogP contribution in [-0.2, 0) is 11.8 Å². The van der Waals surface area contributed by atoms with Gasteiger partial charge < -0.3 is 9.63 Å². The molecule has 0 aliphatic heterocycles. The van der Waals surface area contributed by atoms with Crippen molar-refractivity contribution in [2.75, 3.05) is 0 Å². The highest BCUT2D eigenvalue weighted by Crippen LogP contribution is 2.46. The zero-order chi connectivity index (χ0) is 11.9. The maximum atomic E-state index is 10.1. The van der Waals surface area contributed by atoms with Crippen LogP contribution < -0.4 is 0 Å². The van der Waals surface area contributed by atoms with Crippen molar-refractivity contribution in [2.24, 2.45) is 5.92 Å². The third-order valence-electron chi connectivity index (χ3n) is 4.34. The summed E-state index contributed by atoms with van der Waals surface area (Å²) in [5, 5.41) is 14.1. The van der Waals surface area contributed by atoms with Gasteiger partial charge in [-0.3, -0.25) is 0 Å². The highest BCUT2D eigenvalue weighted by Gasteiger charge is 2.43. The number of aliphatic hydroxyl groups excluding tert-OH is 1. The van der Waals surface area contributed by atoms with Crippen LogP contribution in [0.4, 0.5) is 0 Å². The molecule has 1 unspecified atom stereocenters. The highest BCUT2D eigenvalue weighted by atomic mass is 16.5. The molecule has 2 fully saturated rings. The van der Waals surface area contributed by atoms with Crippen molar-refractivity contribution in [3.05, 3.63) is 11.7 Å². The molecule has 0 aromatic carbocycles. The van der Waals surface area contributed by atoms with Crippen molar-refractivity contribution in [3.63, 3.8) is 0 Å². The molecule has 4 heteroatoms. The lowest BCUT2D eigenvalue weighted by Crippen LogP contribution is -2.20. The van der Waals surface area contributed by atoms with E-state index in [4.69, 9.17) is 4.52 Å². The molecule has 17 heavy (non-hydrogen) atoms. The first kappa shape index (κ1) is 11.2. The number of nitrogens with zero attached hydrogens (tertiary/aromatic N) is 2. The van der Waals surface area contributed by atoms with Crippen LogP contribution in [0.3, 0.4) is 0 Å². The molecule has 3 rings (SSSR count). The maximum absolute atomic E-state index is 10.1. The Balaban J connectivity index is 1.62. The van der Waals surface area contributed by atoms with E-state index >= 15 is 0 Å². The predicted molar refractivity (Wildman–Crippen MR) is 62.6 cm³/mol. The largest absolute Gasteiger partial charge is 0.392 e. The van der Waals surface area contributed by atoms with Crippen LogP contribution >= 0.6 is 0 Å². The van der Waals surface area contributed by atoms with Crippen LogP contribution in [0.5, 0.6) is 0 Å². The fourth-order valence-corrected chi connectivity index (χ4v) is 2.68.